The zero-order valence-electron chi connectivity index (χ0n) is 17.1. The predicted octanol–water partition coefficient (Wildman–Crippen LogP) is 5.55. The fraction of sp³-hybridized carbons (Fsp3) is 0.0400. The molecule has 5 aromatic rings. The molecule has 0 radical (unpaired) electrons. The molecular formula is C25H18ClN5O. The van der Waals surface area contributed by atoms with Gasteiger partial charge in [0.2, 0.25) is 5.95 Å². The molecule has 0 atom stereocenters. The van der Waals surface area contributed by atoms with E-state index in [2.05, 4.69) is 25.5 Å². The van der Waals surface area contributed by atoms with Crippen molar-refractivity contribution in [3.63, 3.8) is 0 Å². The number of nitrogens with one attached hydrogen (secondary N) is 2. The maximum atomic E-state index is 12.4. The van der Waals surface area contributed by atoms with E-state index in [4.69, 9.17) is 11.6 Å². The van der Waals surface area contributed by atoms with Crippen molar-refractivity contribution in [2.24, 2.45) is 5.10 Å². The number of aromatic amines is 1. The molecule has 2 heterocycles. The number of aromatic nitrogens is 3. The first-order valence-electron chi connectivity index (χ1n) is 10.0. The van der Waals surface area contributed by atoms with Crippen molar-refractivity contribution >= 4 is 45.6 Å². The Morgan fingerprint density at radius 1 is 1.00 bits per heavy atom. The molecule has 3 aromatic carbocycles. The summed E-state index contributed by atoms with van der Waals surface area (Å²) < 4.78 is 0. The molecule has 2 N–H and O–H groups in total. The van der Waals surface area contributed by atoms with Crippen LogP contribution in [0.5, 0.6) is 0 Å². The number of aryl methyl sites for hydroxylation is 1. The van der Waals surface area contributed by atoms with Crippen molar-refractivity contribution in [1.29, 1.82) is 0 Å². The molecule has 0 saturated heterocycles. The molecule has 2 aromatic heterocycles. The van der Waals surface area contributed by atoms with Crippen LogP contribution in [0.25, 0.3) is 33.1 Å². The largest absolute Gasteiger partial charge is 0.321 e. The third-order valence-electron chi connectivity index (χ3n) is 5.10. The van der Waals surface area contributed by atoms with Crippen LogP contribution in [-0.2, 0) is 0 Å². The second-order valence-electron chi connectivity index (χ2n) is 7.44. The van der Waals surface area contributed by atoms with Gasteiger partial charge in [-0.05, 0) is 48.7 Å². The van der Waals surface area contributed by atoms with E-state index in [1.54, 1.807) is 6.07 Å². The van der Waals surface area contributed by atoms with Crippen LogP contribution in [0.15, 0.2) is 82.7 Å². The summed E-state index contributed by atoms with van der Waals surface area (Å²) in [5, 5.41) is 6.62. The van der Waals surface area contributed by atoms with Crippen molar-refractivity contribution in [2.75, 3.05) is 5.43 Å². The lowest BCUT2D eigenvalue weighted by molar-refractivity contribution is 1.15. The van der Waals surface area contributed by atoms with Crippen molar-refractivity contribution in [1.82, 2.24) is 15.0 Å². The number of nitrogens with zero attached hydrogens (tertiary/aromatic N) is 3. The summed E-state index contributed by atoms with van der Waals surface area (Å²) in [5.74, 6) is 0.322. The third-order valence-corrected chi connectivity index (χ3v) is 5.34. The summed E-state index contributed by atoms with van der Waals surface area (Å²) in [6, 6.07) is 23.0. The fourth-order valence-electron chi connectivity index (χ4n) is 3.57. The number of rotatable bonds is 4. The number of benzene rings is 3. The molecule has 0 fully saturated rings. The summed E-state index contributed by atoms with van der Waals surface area (Å²) in [7, 11) is 0. The Bertz CT molecular complexity index is 1540. The van der Waals surface area contributed by atoms with Gasteiger partial charge in [-0.2, -0.15) is 5.10 Å². The number of fused-ring (bicyclic) bond motifs is 2. The van der Waals surface area contributed by atoms with E-state index in [0.29, 0.717) is 16.5 Å². The van der Waals surface area contributed by atoms with Crippen LogP contribution in [0, 0.1) is 6.92 Å². The van der Waals surface area contributed by atoms with Gasteiger partial charge in [-0.15, -0.1) is 0 Å². The minimum atomic E-state index is -0.217. The maximum Gasteiger partial charge on any atom is 0.257 e. The van der Waals surface area contributed by atoms with Crippen molar-refractivity contribution in [2.45, 2.75) is 6.92 Å². The van der Waals surface area contributed by atoms with E-state index in [0.717, 1.165) is 38.6 Å². The lowest BCUT2D eigenvalue weighted by Gasteiger charge is -2.09. The quantitative estimate of drug-likeness (QED) is 0.284. The average Bonchev–Trinajstić information content (AvgIpc) is 2.80. The number of hydrogen-bond donors (Lipinski definition) is 2. The van der Waals surface area contributed by atoms with E-state index in [-0.39, 0.29) is 5.56 Å². The van der Waals surface area contributed by atoms with Gasteiger partial charge in [0.1, 0.15) is 0 Å². The van der Waals surface area contributed by atoms with E-state index < -0.39 is 0 Å². The summed E-state index contributed by atoms with van der Waals surface area (Å²) >= 11 is 6.21. The van der Waals surface area contributed by atoms with Crippen LogP contribution in [0.3, 0.4) is 0 Å². The second kappa shape index (κ2) is 8.24. The molecule has 156 valence electrons. The topological polar surface area (TPSA) is 83.0 Å². The molecular weight excluding hydrogens is 422 g/mol. The zero-order valence-corrected chi connectivity index (χ0v) is 17.9. The third kappa shape index (κ3) is 3.96. The minimum absolute atomic E-state index is 0.217. The van der Waals surface area contributed by atoms with E-state index in [1.165, 1.54) is 6.21 Å². The highest BCUT2D eigenvalue weighted by molar-refractivity contribution is 6.31. The van der Waals surface area contributed by atoms with E-state index in [1.807, 2.05) is 73.7 Å². The Hall–Kier alpha value is -4.03. The van der Waals surface area contributed by atoms with E-state index >= 15 is 0 Å². The highest BCUT2D eigenvalue weighted by Gasteiger charge is 2.10. The fourth-order valence-corrected chi connectivity index (χ4v) is 3.74. The first kappa shape index (κ1) is 19.9. The maximum absolute atomic E-state index is 12.4. The van der Waals surface area contributed by atoms with Gasteiger partial charge in [-0.1, -0.05) is 53.6 Å². The predicted molar refractivity (Wildman–Crippen MR) is 131 cm³/mol. The first-order chi connectivity index (χ1) is 15.6. The Labute approximate surface area is 188 Å². The first-order valence-corrected chi connectivity index (χ1v) is 10.4. The standard InChI is InChI=1S/C25H18ClN5O/c1-15-7-9-21-17(11-15)12-18(24(32)28-21)14-27-31-25-29-22-10-8-19(26)13-20(22)23(30-25)16-5-3-2-4-6-16/h2-14H,1H3,(H,28,32)(H,29,30,31)/b27-14+. The lowest BCUT2D eigenvalue weighted by Crippen LogP contribution is -2.12. The van der Waals surface area contributed by atoms with Gasteiger partial charge in [0, 0.05) is 21.5 Å². The molecule has 0 amide bonds. The number of hydrazone groups is 1. The molecule has 5 rings (SSSR count). The number of hydrogen-bond acceptors (Lipinski definition) is 5. The van der Waals surface area contributed by atoms with Gasteiger partial charge in [0.05, 0.1) is 23.0 Å². The molecule has 7 heteroatoms. The summed E-state index contributed by atoms with van der Waals surface area (Å²) in [4.78, 5) is 24.4. The number of pyridine rings is 1. The van der Waals surface area contributed by atoms with Gasteiger partial charge < -0.3 is 4.98 Å². The van der Waals surface area contributed by atoms with Gasteiger partial charge in [0.15, 0.2) is 0 Å². The summed E-state index contributed by atoms with van der Waals surface area (Å²) in [6.07, 6.45) is 1.47. The Balaban J connectivity index is 1.51. The number of halogens is 1. The van der Waals surface area contributed by atoms with Crippen LogP contribution >= 0.6 is 11.6 Å². The van der Waals surface area contributed by atoms with Gasteiger partial charge in [0.25, 0.3) is 5.56 Å². The molecule has 32 heavy (non-hydrogen) atoms. The Morgan fingerprint density at radius 2 is 1.84 bits per heavy atom. The molecule has 0 spiro atoms. The van der Waals surface area contributed by atoms with Crippen molar-refractivity contribution in [3.05, 3.63) is 99.3 Å². The van der Waals surface area contributed by atoms with Gasteiger partial charge >= 0.3 is 0 Å². The lowest BCUT2D eigenvalue weighted by atomic mass is 10.1. The minimum Gasteiger partial charge on any atom is -0.321 e. The molecule has 0 aliphatic rings. The van der Waals surface area contributed by atoms with Crippen LogP contribution < -0.4 is 11.0 Å². The highest BCUT2D eigenvalue weighted by Crippen LogP contribution is 2.29. The molecule has 0 bridgehead atoms. The Morgan fingerprint density at radius 3 is 2.69 bits per heavy atom. The Kier molecular flexibility index (Phi) is 5.13. The van der Waals surface area contributed by atoms with Gasteiger partial charge in [-0.25, -0.2) is 15.4 Å². The molecule has 0 aliphatic heterocycles. The average molecular weight is 440 g/mol. The van der Waals surface area contributed by atoms with Crippen molar-refractivity contribution in [3.8, 4) is 11.3 Å². The molecule has 0 aliphatic carbocycles. The number of H-pyrrole nitrogens is 1. The van der Waals surface area contributed by atoms with Crippen LogP contribution in [0.2, 0.25) is 5.02 Å². The highest BCUT2D eigenvalue weighted by atomic mass is 35.5. The SMILES string of the molecule is Cc1ccc2[nH]c(=O)c(/C=N/Nc3nc(-c4ccccc4)c4cc(Cl)ccc4n3)cc2c1. The molecule has 0 unspecified atom stereocenters. The smallest absolute Gasteiger partial charge is 0.257 e. The summed E-state index contributed by atoms with van der Waals surface area (Å²) in [6.45, 7) is 2.01. The van der Waals surface area contributed by atoms with Crippen LogP contribution in [0.1, 0.15) is 11.1 Å². The zero-order chi connectivity index (χ0) is 22.1. The number of anilines is 1. The monoisotopic (exact) mass is 439 g/mol. The molecule has 0 saturated carbocycles. The van der Waals surface area contributed by atoms with Crippen molar-refractivity contribution < 1.29 is 0 Å². The van der Waals surface area contributed by atoms with E-state index in [9.17, 15) is 4.79 Å². The summed E-state index contributed by atoms with van der Waals surface area (Å²) in [5.41, 5.74) is 7.40. The molecule has 6 nitrogen and oxygen atoms in total. The van der Waals surface area contributed by atoms with Crippen LogP contribution in [0.4, 0.5) is 5.95 Å². The normalized spacial score (nSPS) is 11.4. The van der Waals surface area contributed by atoms with Crippen LogP contribution in [-0.4, -0.2) is 21.2 Å². The van der Waals surface area contributed by atoms with Gasteiger partial charge in [-0.3, -0.25) is 4.79 Å². The second-order valence-corrected chi connectivity index (χ2v) is 7.87.